The summed E-state index contributed by atoms with van der Waals surface area (Å²) in [7, 11) is 0. The zero-order valence-corrected chi connectivity index (χ0v) is 13.6. The number of carboxylic acids is 1. The van der Waals surface area contributed by atoms with Crippen molar-refractivity contribution in [2.75, 3.05) is 19.5 Å². The number of hydrogen-bond acceptors (Lipinski definition) is 4. The standard InChI is InChI=1S/C16H21NO4S/c1-10-5-6-12(22-2)8-13(10)15(18)17-14(16(19)20)11-4-3-7-21-9-11/h5-6,8,11,14H,3-4,7,9H2,1-2H3,(H,17,18)(H,19,20). The number of aliphatic carboxylic acids is 1. The minimum atomic E-state index is -1.01. The van der Waals surface area contributed by atoms with Gasteiger partial charge in [0.15, 0.2) is 0 Å². The van der Waals surface area contributed by atoms with Crippen LogP contribution in [-0.2, 0) is 9.53 Å². The highest BCUT2D eigenvalue weighted by Crippen LogP contribution is 2.21. The second-order valence-electron chi connectivity index (χ2n) is 5.45. The third-order valence-electron chi connectivity index (χ3n) is 3.91. The topological polar surface area (TPSA) is 75.6 Å². The first kappa shape index (κ1) is 16.8. The van der Waals surface area contributed by atoms with E-state index in [1.54, 1.807) is 17.8 Å². The smallest absolute Gasteiger partial charge is 0.326 e. The van der Waals surface area contributed by atoms with Gasteiger partial charge < -0.3 is 15.2 Å². The number of amides is 1. The molecule has 1 aliphatic rings. The minimum Gasteiger partial charge on any atom is -0.480 e. The van der Waals surface area contributed by atoms with Gasteiger partial charge in [-0.15, -0.1) is 11.8 Å². The van der Waals surface area contributed by atoms with E-state index < -0.39 is 12.0 Å². The Hall–Kier alpha value is -1.53. The molecule has 0 radical (unpaired) electrons. The Labute approximate surface area is 134 Å². The number of carbonyl (C=O) groups excluding carboxylic acids is 1. The SMILES string of the molecule is CSc1ccc(C)c(C(=O)NC(C(=O)O)C2CCCOC2)c1. The number of carbonyl (C=O) groups is 2. The van der Waals surface area contributed by atoms with E-state index in [1.165, 1.54) is 0 Å². The first-order valence-electron chi connectivity index (χ1n) is 7.29. The fourth-order valence-electron chi connectivity index (χ4n) is 2.60. The van der Waals surface area contributed by atoms with E-state index in [9.17, 15) is 14.7 Å². The van der Waals surface area contributed by atoms with E-state index in [4.69, 9.17) is 4.74 Å². The van der Waals surface area contributed by atoms with Gasteiger partial charge in [0.2, 0.25) is 0 Å². The molecule has 2 rings (SSSR count). The molecule has 0 spiro atoms. The Balaban J connectivity index is 2.15. The fourth-order valence-corrected chi connectivity index (χ4v) is 3.04. The Kier molecular flexibility index (Phi) is 5.85. The molecule has 1 saturated heterocycles. The van der Waals surface area contributed by atoms with Gasteiger partial charge in [0, 0.05) is 23.0 Å². The predicted molar refractivity (Wildman–Crippen MR) is 85.4 cm³/mol. The molecule has 0 aliphatic carbocycles. The van der Waals surface area contributed by atoms with Crippen LogP contribution in [0.5, 0.6) is 0 Å². The van der Waals surface area contributed by atoms with Gasteiger partial charge in [-0.1, -0.05) is 6.07 Å². The first-order chi connectivity index (χ1) is 10.5. The highest BCUT2D eigenvalue weighted by molar-refractivity contribution is 7.98. The van der Waals surface area contributed by atoms with Crippen molar-refractivity contribution in [1.29, 1.82) is 0 Å². The number of benzene rings is 1. The summed E-state index contributed by atoms with van der Waals surface area (Å²) >= 11 is 1.55. The van der Waals surface area contributed by atoms with Gasteiger partial charge in [-0.2, -0.15) is 0 Å². The minimum absolute atomic E-state index is 0.181. The number of hydrogen-bond donors (Lipinski definition) is 2. The molecule has 0 aromatic heterocycles. The lowest BCUT2D eigenvalue weighted by Gasteiger charge is -2.28. The lowest BCUT2D eigenvalue weighted by molar-refractivity contribution is -0.142. The largest absolute Gasteiger partial charge is 0.480 e. The van der Waals surface area contributed by atoms with Crippen LogP contribution in [-0.4, -0.2) is 42.5 Å². The summed E-state index contributed by atoms with van der Waals surface area (Å²) in [5.74, 6) is -1.53. The van der Waals surface area contributed by atoms with Gasteiger partial charge in [-0.25, -0.2) is 4.79 Å². The van der Waals surface area contributed by atoms with Crippen molar-refractivity contribution in [3.05, 3.63) is 29.3 Å². The second-order valence-corrected chi connectivity index (χ2v) is 6.33. The fraction of sp³-hybridized carbons (Fsp3) is 0.500. The number of nitrogens with one attached hydrogen (secondary N) is 1. The average molecular weight is 323 g/mol. The molecule has 2 atom stereocenters. The van der Waals surface area contributed by atoms with Gasteiger partial charge in [0.05, 0.1) is 6.61 Å². The first-order valence-corrected chi connectivity index (χ1v) is 8.51. The molecule has 1 aliphatic heterocycles. The number of ether oxygens (including phenoxy) is 1. The molecule has 120 valence electrons. The average Bonchev–Trinajstić information content (AvgIpc) is 2.53. The van der Waals surface area contributed by atoms with Crippen molar-refractivity contribution in [3.63, 3.8) is 0 Å². The third kappa shape index (κ3) is 4.01. The molecular formula is C16H21NO4S. The summed E-state index contributed by atoms with van der Waals surface area (Å²) in [6, 6.07) is 4.71. The third-order valence-corrected chi connectivity index (χ3v) is 4.63. The molecule has 1 fully saturated rings. The van der Waals surface area contributed by atoms with Gasteiger partial charge in [0.1, 0.15) is 6.04 Å². The lowest BCUT2D eigenvalue weighted by Crippen LogP contribution is -2.48. The molecule has 0 saturated carbocycles. The van der Waals surface area contributed by atoms with Crippen LogP contribution in [0.3, 0.4) is 0 Å². The monoisotopic (exact) mass is 323 g/mol. The van der Waals surface area contributed by atoms with E-state index in [1.807, 2.05) is 25.3 Å². The summed E-state index contributed by atoms with van der Waals surface area (Å²) < 4.78 is 5.34. The van der Waals surface area contributed by atoms with Crippen LogP contribution in [0, 0.1) is 12.8 Å². The van der Waals surface area contributed by atoms with E-state index in [0.717, 1.165) is 23.3 Å². The van der Waals surface area contributed by atoms with Crippen molar-refractivity contribution in [2.24, 2.45) is 5.92 Å². The van der Waals surface area contributed by atoms with Crippen molar-refractivity contribution in [1.82, 2.24) is 5.32 Å². The Morgan fingerprint density at radius 1 is 1.45 bits per heavy atom. The zero-order valence-electron chi connectivity index (χ0n) is 12.8. The van der Waals surface area contributed by atoms with E-state index >= 15 is 0 Å². The number of aryl methyl sites for hydroxylation is 1. The van der Waals surface area contributed by atoms with Crippen molar-refractivity contribution in [2.45, 2.75) is 30.7 Å². The van der Waals surface area contributed by atoms with Gasteiger partial charge >= 0.3 is 5.97 Å². The summed E-state index contributed by atoms with van der Waals surface area (Å²) in [6.45, 7) is 2.88. The molecule has 1 aromatic rings. The van der Waals surface area contributed by atoms with E-state index in [2.05, 4.69) is 5.32 Å². The molecule has 6 heteroatoms. The van der Waals surface area contributed by atoms with E-state index in [0.29, 0.717) is 18.8 Å². The maximum atomic E-state index is 12.5. The molecule has 0 bridgehead atoms. The summed E-state index contributed by atoms with van der Waals surface area (Å²) in [5.41, 5.74) is 1.36. The van der Waals surface area contributed by atoms with Crippen LogP contribution in [0.25, 0.3) is 0 Å². The van der Waals surface area contributed by atoms with Crippen molar-refractivity contribution < 1.29 is 19.4 Å². The number of rotatable bonds is 5. The van der Waals surface area contributed by atoms with E-state index in [-0.39, 0.29) is 11.8 Å². The van der Waals surface area contributed by atoms with Crippen molar-refractivity contribution in [3.8, 4) is 0 Å². The highest BCUT2D eigenvalue weighted by Gasteiger charge is 2.31. The molecule has 1 amide bonds. The predicted octanol–water partition coefficient (Wildman–Crippen LogP) is 2.33. The van der Waals surface area contributed by atoms with Gasteiger partial charge in [0.25, 0.3) is 5.91 Å². The molecule has 2 unspecified atom stereocenters. The maximum absolute atomic E-state index is 12.5. The molecule has 1 heterocycles. The molecule has 2 N–H and O–H groups in total. The summed E-state index contributed by atoms with van der Waals surface area (Å²) in [6.07, 6.45) is 3.51. The van der Waals surface area contributed by atoms with Crippen LogP contribution in [0.1, 0.15) is 28.8 Å². The van der Waals surface area contributed by atoms with Crippen molar-refractivity contribution >= 4 is 23.6 Å². The maximum Gasteiger partial charge on any atom is 0.326 e. The summed E-state index contributed by atoms with van der Waals surface area (Å²) in [4.78, 5) is 24.9. The Morgan fingerprint density at radius 3 is 2.82 bits per heavy atom. The summed E-state index contributed by atoms with van der Waals surface area (Å²) in [5, 5.41) is 12.1. The molecular weight excluding hydrogens is 302 g/mol. The van der Waals surface area contributed by atoms with Gasteiger partial charge in [-0.3, -0.25) is 4.79 Å². The highest BCUT2D eigenvalue weighted by atomic mass is 32.2. The molecule has 1 aromatic carbocycles. The zero-order chi connectivity index (χ0) is 16.1. The number of carboxylic acid groups (broad SMARTS) is 1. The normalized spacial score (nSPS) is 19.5. The Bertz CT molecular complexity index is 555. The molecule has 5 nitrogen and oxygen atoms in total. The van der Waals surface area contributed by atoms with Crippen LogP contribution >= 0.6 is 11.8 Å². The number of thioether (sulfide) groups is 1. The van der Waals surface area contributed by atoms with Crippen LogP contribution < -0.4 is 5.32 Å². The molecule has 22 heavy (non-hydrogen) atoms. The van der Waals surface area contributed by atoms with Crippen LogP contribution in [0.4, 0.5) is 0 Å². The van der Waals surface area contributed by atoms with Crippen LogP contribution in [0.15, 0.2) is 23.1 Å². The second kappa shape index (κ2) is 7.65. The lowest BCUT2D eigenvalue weighted by atomic mass is 9.93. The Morgan fingerprint density at radius 2 is 2.23 bits per heavy atom. The quantitative estimate of drug-likeness (QED) is 0.813. The van der Waals surface area contributed by atoms with Crippen LogP contribution in [0.2, 0.25) is 0 Å². The van der Waals surface area contributed by atoms with Gasteiger partial charge in [-0.05, 0) is 43.7 Å².